The fraction of sp³-hybridized carbons (Fsp3) is 0.429. The van der Waals surface area contributed by atoms with Crippen LogP contribution < -0.4 is 0 Å². The minimum Gasteiger partial charge on any atom is -0.512 e. The van der Waals surface area contributed by atoms with Gasteiger partial charge in [0.1, 0.15) is 6.33 Å². The molecule has 0 amide bonds. The van der Waals surface area contributed by atoms with Crippen molar-refractivity contribution < 1.29 is 30.0 Å². The monoisotopic (exact) mass is 947 g/mol. The van der Waals surface area contributed by atoms with Gasteiger partial charge in [-0.25, -0.2) is 4.98 Å². The number of aliphatic hydroxyl groups excluding tert-OH is 1. The van der Waals surface area contributed by atoms with Crippen molar-refractivity contribution in [2.24, 2.45) is 40.9 Å². The Hall–Kier alpha value is -3.77. The van der Waals surface area contributed by atoms with Gasteiger partial charge in [0.05, 0.1) is 17.0 Å². The number of carbonyl (C=O) groups is 1. The van der Waals surface area contributed by atoms with E-state index in [2.05, 4.69) is 150 Å². The van der Waals surface area contributed by atoms with Gasteiger partial charge in [-0.3, -0.25) is 14.8 Å². The van der Waals surface area contributed by atoms with Crippen LogP contribution in [0, 0.1) is 60.8 Å². The average molecular weight is 947 g/mol. The van der Waals surface area contributed by atoms with Crippen molar-refractivity contribution in [2.75, 3.05) is 0 Å². The molecule has 3 heterocycles. The Bertz CT molecular complexity index is 2290. The number of hydrogen-bond acceptors (Lipinski definition) is 6. The fourth-order valence-corrected chi connectivity index (χ4v) is 9.52. The normalized spacial score (nSPS) is 12.4. The van der Waals surface area contributed by atoms with E-state index >= 15 is 0 Å². The summed E-state index contributed by atoms with van der Waals surface area (Å²) in [6.45, 7) is 27.6. The number of aryl methyl sites for hydroxylation is 2. The molecule has 0 aliphatic carbocycles. The van der Waals surface area contributed by atoms with E-state index in [1.54, 1.807) is 17.7 Å². The van der Waals surface area contributed by atoms with Crippen LogP contribution >= 0.6 is 11.3 Å². The van der Waals surface area contributed by atoms with Crippen molar-refractivity contribution in [3.63, 3.8) is 0 Å². The Morgan fingerprint density at radius 2 is 1.46 bits per heavy atom. The number of allylic oxidation sites excluding steroid dienone is 2. The maximum Gasteiger partial charge on any atom is 0.162 e. The van der Waals surface area contributed by atoms with Crippen molar-refractivity contribution >= 4 is 48.2 Å². The van der Waals surface area contributed by atoms with E-state index in [1.165, 1.54) is 27.3 Å². The molecule has 0 atom stereocenters. The number of aliphatic hydroxyl groups is 1. The van der Waals surface area contributed by atoms with Crippen LogP contribution in [0.1, 0.15) is 93.0 Å². The first-order chi connectivity index (χ1) is 25.8. The van der Waals surface area contributed by atoms with E-state index in [0.717, 1.165) is 55.6 Å². The topological polar surface area (TPSA) is 76.0 Å². The van der Waals surface area contributed by atoms with Crippen LogP contribution in [-0.2, 0) is 31.3 Å². The van der Waals surface area contributed by atoms with Crippen LogP contribution in [0.5, 0.6) is 0 Å². The quantitative estimate of drug-likeness (QED) is 0.0841. The predicted octanol–water partition coefficient (Wildman–Crippen LogP) is 13.6. The number of carbonyl (C=O) groups excluding carboxylic acids is 1. The summed E-state index contributed by atoms with van der Waals surface area (Å²) in [5, 5.41) is 13.7. The molecule has 3 aromatic heterocycles. The van der Waals surface area contributed by atoms with Crippen LogP contribution in [0.2, 0.25) is 0 Å². The molecule has 56 heavy (non-hydrogen) atoms. The predicted molar refractivity (Wildman–Crippen MR) is 235 cm³/mol. The second-order valence-corrected chi connectivity index (χ2v) is 18.9. The van der Waals surface area contributed by atoms with Gasteiger partial charge in [-0.15, -0.1) is 34.9 Å². The van der Waals surface area contributed by atoms with Gasteiger partial charge >= 0.3 is 0 Å². The number of aromatic nitrogens is 3. The molecule has 1 radical (unpaired) electrons. The molecule has 0 aliphatic rings. The maximum atomic E-state index is 12.3. The van der Waals surface area contributed by atoms with Gasteiger partial charge in [0.2, 0.25) is 0 Å². The van der Waals surface area contributed by atoms with Crippen molar-refractivity contribution in [2.45, 2.75) is 96.4 Å². The number of nitrogens with zero attached hydrogens (tertiary/aromatic N) is 3. The standard InChI is InChI=1S/C32H28N3S.C17H32O2.Ir/c1-19-12-20(2)35-27(13-19)26-16-23(15-22-8-6-7-9-24(22)26)29-31-30(34-18-33-29)25-11-10-21(14-28(25)36-31)17-32(3,4)5;1-10(2)16(11(3)4)14(18)9-15(19)17(12(5)6)13(7)8;/h6-14,16,18H,17H2,1-5H3;9-13,16-18H,1-8H3;/q-1;;/b;14-9-;. The average Bonchev–Trinajstić information content (AvgIpc) is 3.44. The molecule has 0 saturated carbocycles. The summed E-state index contributed by atoms with van der Waals surface area (Å²) in [5.74, 6) is 1.63. The van der Waals surface area contributed by atoms with E-state index in [0.29, 0.717) is 23.7 Å². The smallest absolute Gasteiger partial charge is 0.162 e. The van der Waals surface area contributed by atoms with Gasteiger partial charge < -0.3 is 5.11 Å². The molecule has 0 aliphatic heterocycles. The second kappa shape index (κ2) is 18.7. The molecule has 6 aromatic rings. The molecule has 6 rings (SSSR count). The fourth-order valence-electron chi connectivity index (χ4n) is 8.30. The number of benzene rings is 3. The van der Waals surface area contributed by atoms with Gasteiger partial charge in [-0.2, -0.15) is 0 Å². The van der Waals surface area contributed by atoms with Crippen molar-refractivity contribution in [3.8, 4) is 22.5 Å². The van der Waals surface area contributed by atoms with Crippen molar-refractivity contribution in [1.82, 2.24) is 15.0 Å². The summed E-state index contributed by atoms with van der Waals surface area (Å²) in [7, 11) is 0. The van der Waals surface area contributed by atoms with Crippen molar-refractivity contribution in [3.05, 3.63) is 102 Å². The molecule has 0 saturated heterocycles. The second-order valence-electron chi connectivity index (χ2n) is 17.9. The summed E-state index contributed by atoms with van der Waals surface area (Å²) in [6, 6.07) is 25.3. The molecule has 1 N–H and O–H groups in total. The number of rotatable bonds is 10. The van der Waals surface area contributed by atoms with E-state index in [1.807, 2.05) is 6.92 Å². The minimum absolute atomic E-state index is 0. The van der Waals surface area contributed by atoms with E-state index in [4.69, 9.17) is 15.0 Å². The molecule has 0 bridgehead atoms. The Morgan fingerprint density at radius 3 is 2.07 bits per heavy atom. The third kappa shape index (κ3) is 10.6. The first-order valence-corrected chi connectivity index (χ1v) is 20.7. The Morgan fingerprint density at radius 1 is 0.821 bits per heavy atom. The van der Waals surface area contributed by atoms with Crippen LogP contribution in [0.25, 0.3) is 53.6 Å². The Labute approximate surface area is 352 Å². The van der Waals surface area contributed by atoms with Gasteiger partial charge in [0.25, 0.3) is 0 Å². The molecule has 3 aromatic carbocycles. The van der Waals surface area contributed by atoms with Gasteiger partial charge in [0.15, 0.2) is 5.78 Å². The van der Waals surface area contributed by atoms with E-state index in [-0.39, 0.29) is 48.9 Å². The number of hydrogen-bond donors (Lipinski definition) is 1. The molecular formula is C49H60IrN3O2S-. The summed E-state index contributed by atoms with van der Waals surface area (Å²) < 4.78 is 2.36. The van der Waals surface area contributed by atoms with Crippen LogP contribution in [0.3, 0.4) is 0 Å². The number of pyridine rings is 1. The van der Waals surface area contributed by atoms with Crippen molar-refractivity contribution in [1.29, 1.82) is 0 Å². The maximum absolute atomic E-state index is 12.3. The van der Waals surface area contributed by atoms with E-state index in [9.17, 15) is 9.90 Å². The SMILES string of the molecule is CC(C)C(C(=O)/C=C(\O)C(C(C)C)C(C)C)C(C)C.Cc1cc(C)nc(-c2cc(-c3ncnc4c3sc3cc(CC(C)(C)C)ccc34)[c-]c3ccccc23)c1.[Ir]. The molecular weight excluding hydrogens is 887 g/mol. The zero-order chi connectivity index (χ0) is 40.4. The Balaban J connectivity index is 0.000000299. The molecule has 7 heteroatoms. The number of thiophene rings is 1. The zero-order valence-electron chi connectivity index (χ0n) is 35.5. The number of ketones is 1. The van der Waals surface area contributed by atoms with Crippen LogP contribution in [0.4, 0.5) is 0 Å². The first-order valence-electron chi connectivity index (χ1n) is 19.9. The summed E-state index contributed by atoms with van der Waals surface area (Å²) >= 11 is 1.77. The Kier molecular flexibility index (Phi) is 15.0. The van der Waals surface area contributed by atoms with Gasteiger partial charge in [-0.05, 0) is 78.7 Å². The van der Waals surface area contributed by atoms with E-state index < -0.39 is 0 Å². The molecule has 0 spiro atoms. The minimum atomic E-state index is -0.0119. The third-order valence-electron chi connectivity index (χ3n) is 10.3. The van der Waals surface area contributed by atoms with Gasteiger partial charge in [0, 0.05) is 64.2 Å². The zero-order valence-corrected chi connectivity index (χ0v) is 38.7. The first kappa shape index (κ1) is 44.9. The molecule has 299 valence electrons. The third-order valence-corrected chi connectivity index (χ3v) is 11.4. The molecule has 0 fully saturated rings. The number of fused-ring (bicyclic) bond motifs is 4. The van der Waals surface area contributed by atoms with Gasteiger partial charge in [-0.1, -0.05) is 123 Å². The summed E-state index contributed by atoms with van der Waals surface area (Å²) in [6.07, 6.45) is 4.21. The molecule has 5 nitrogen and oxygen atoms in total. The largest absolute Gasteiger partial charge is 0.512 e. The molecule has 0 unspecified atom stereocenters. The van der Waals surface area contributed by atoms with Crippen LogP contribution in [0.15, 0.2) is 78.8 Å². The summed E-state index contributed by atoms with van der Waals surface area (Å²) in [5.41, 5.74) is 8.81. The summed E-state index contributed by atoms with van der Waals surface area (Å²) in [4.78, 5) is 26.7. The van der Waals surface area contributed by atoms with Crippen LogP contribution in [-0.4, -0.2) is 25.8 Å².